The van der Waals surface area contributed by atoms with Crippen molar-refractivity contribution in [2.24, 2.45) is 4.99 Å². The molecule has 0 bridgehead atoms. The Morgan fingerprint density at radius 3 is 2.72 bits per heavy atom. The molecule has 1 amide bonds. The van der Waals surface area contributed by atoms with Crippen molar-refractivity contribution in [3.8, 4) is 0 Å². The van der Waals surface area contributed by atoms with Gasteiger partial charge >= 0.3 is 0 Å². The van der Waals surface area contributed by atoms with E-state index in [0.29, 0.717) is 11.1 Å². The second-order valence-corrected chi connectivity index (χ2v) is 4.00. The summed E-state index contributed by atoms with van der Waals surface area (Å²) >= 11 is 0. The summed E-state index contributed by atoms with van der Waals surface area (Å²) < 4.78 is 5.72. The van der Waals surface area contributed by atoms with Crippen LogP contribution in [0.1, 0.15) is 17.3 Å². The van der Waals surface area contributed by atoms with E-state index in [1.807, 2.05) is 30.3 Å². The van der Waals surface area contributed by atoms with Gasteiger partial charge in [-0.1, -0.05) is 18.2 Å². The highest BCUT2D eigenvalue weighted by atomic mass is 16.3. The van der Waals surface area contributed by atoms with Crippen molar-refractivity contribution in [2.75, 3.05) is 0 Å². The zero-order valence-electron chi connectivity index (χ0n) is 9.88. The number of carbonyl (C=O) groups excluding carboxylic acids is 1. The topological polar surface area (TPSA) is 42.6 Å². The van der Waals surface area contributed by atoms with Crippen LogP contribution in [0.3, 0.4) is 0 Å². The van der Waals surface area contributed by atoms with Crippen molar-refractivity contribution in [2.45, 2.75) is 6.92 Å². The predicted octanol–water partition coefficient (Wildman–Crippen LogP) is 3.82. The fourth-order valence-electron chi connectivity index (χ4n) is 2.05. The molecule has 0 aliphatic rings. The molecule has 3 aromatic rings. The summed E-state index contributed by atoms with van der Waals surface area (Å²) in [6, 6.07) is 13.2. The first-order valence-corrected chi connectivity index (χ1v) is 5.74. The van der Waals surface area contributed by atoms with Gasteiger partial charge in [-0.3, -0.25) is 4.79 Å². The van der Waals surface area contributed by atoms with Gasteiger partial charge in [-0.15, -0.1) is 0 Å². The third-order valence-electron chi connectivity index (χ3n) is 2.87. The molecule has 0 atom stereocenters. The van der Waals surface area contributed by atoms with E-state index in [-0.39, 0.29) is 5.91 Å². The number of nitrogens with zero attached hydrogens (tertiary/aromatic N) is 1. The number of hydrogen-bond acceptors (Lipinski definition) is 2. The summed E-state index contributed by atoms with van der Waals surface area (Å²) in [4.78, 5) is 15.4. The van der Waals surface area contributed by atoms with Crippen LogP contribution in [0.25, 0.3) is 21.9 Å². The van der Waals surface area contributed by atoms with E-state index in [1.165, 1.54) is 6.21 Å². The summed E-state index contributed by atoms with van der Waals surface area (Å²) in [7, 11) is 0. The van der Waals surface area contributed by atoms with Gasteiger partial charge < -0.3 is 4.42 Å². The molecule has 1 heterocycles. The van der Waals surface area contributed by atoms with Crippen molar-refractivity contribution >= 4 is 34.1 Å². The molecule has 88 valence electrons. The minimum Gasteiger partial charge on any atom is -0.456 e. The van der Waals surface area contributed by atoms with Gasteiger partial charge in [0.1, 0.15) is 11.2 Å². The van der Waals surface area contributed by atoms with Crippen LogP contribution in [0.15, 0.2) is 51.9 Å². The molecule has 0 saturated carbocycles. The Bertz CT molecular complexity index is 768. The van der Waals surface area contributed by atoms with Crippen LogP contribution in [-0.4, -0.2) is 12.1 Å². The molecule has 0 unspecified atom stereocenters. The highest BCUT2D eigenvalue weighted by Gasteiger charge is 2.09. The molecule has 3 rings (SSSR count). The Balaban J connectivity index is 2.24. The number of fused-ring (bicyclic) bond motifs is 3. The number of carbonyl (C=O) groups is 1. The molecule has 1 aromatic heterocycles. The number of rotatable bonds is 1. The Hall–Kier alpha value is -2.42. The molecule has 0 N–H and O–H groups in total. The Labute approximate surface area is 104 Å². The van der Waals surface area contributed by atoms with Gasteiger partial charge in [0.05, 0.1) is 0 Å². The van der Waals surface area contributed by atoms with Crippen LogP contribution in [-0.2, 0) is 0 Å². The maximum absolute atomic E-state index is 11.7. The lowest BCUT2D eigenvalue weighted by molar-refractivity contribution is 0.100. The van der Waals surface area contributed by atoms with Crippen molar-refractivity contribution in [1.29, 1.82) is 0 Å². The summed E-state index contributed by atoms with van der Waals surface area (Å²) in [5.41, 5.74) is 2.09. The predicted molar refractivity (Wildman–Crippen MR) is 72.2 cm³/mol. The van der Waals surface area contributed by atoms with E-state index >= 15 is 0 Å². The molecule has 0 spiro atoms. The van der Waals surface area contributed by atoms with Crippen LogP contribution in [0.2, 0.25) is 0 Å². The fraction of sp³-hybridized carbons (Fsp3) is 0.0667. The number of para-hydroxylation sites is 1. The highest BCUT2D eigenvalue weighted by Crippen LogP contribution is 2.29. The van der Waals surface area contributed by atoms with Gasteiger partial charge in [0, 0.05) is 22.6 Å². The van der Waals surface area contributed by atoms with Gasteiger partial charge in [0.15, 0.2) is 0 Å². The standard InChI is InChI=1S/C15H11NO2/c1-2-16-15(17)10-7-8-12-11-5-3-4-6-13(11)18-14(12)9-10/h2-9H,1H3. The zero-order chi connectivity index (χ0) is 12.5. The maximum atomic E-state index is 11.7. The molecule has 18 heavy (non-hydrogen) atoms. The van der Waals surface area contributed by atoms with E-state index < -0.39 is 0 Å². The van der Waals surface area contributed by atoms with Gasteiger partial charge in [-0.05, 0) is 31.2 Å². The van der Waals surface area contributed by atoms with Crippen molar-refractivity contribution < 1.29 is 9.21 Å². The van der Waals surface area contributed by atoms with Crippen molar-refractivity contribution in [1.82, 2.24) is 0 Å². The first-order valence-electron chi connectivity index (χ1n) is 5.74. The van der Waals surface area contributed by atoms with Crippen LogP contribution in [0.4, 0.5) is 0 Å². The minimum atomic E-state index is -0.250. The van der Waals surface area contributed by atoms with E-state index in [0.717, 1.165) is 16.4 Å². The molecule has 0 fully saturated rings. The number of hydrogen-bond donors (Lipinski definition) is 0. The zero-order valence-corrected chi connectivity index (χ0v) is 9.88. The Morgan fingerprint density at radius 1 is 1.11 bits per heavy atom. The van der Waals surface area contributed by atoms with Gasteiger partial charge in [-0.2, -0.15) is 0 Å². The smallest absolute Gasteiger partial charge is 0.276 e. The second-order valence-electron chi connectivity index (χ2n) is 4.00. The Morgan fingerprint density at radius 2 is 1.89 bits per heavy atom. The summed E-state index contributed by atoms with van der Waals surface area (Å²) in [6.07, 6.45) is 1.49. The molecule has 0 radical (unpaired) electrons. The minimum absolute atomic E-state index is 0.250. The summed E-state index contributed by atoms with van der Waals surface area (Å²) in [5.74, 6) is -0.250. The molecular weight excluding hydrogens is 226 g/mol. The van der Waals surface area contributed by atoms with E-state index in [1.54, 1.807) is 19.1 Å². The van der Waals surface area contributed by atoms with Crippen LogP contribution in [0.5, 0.6) is 0 Å². The van der Waals surface area contributed by atoms with Crippen LogP contribution >= 0.6 is 0 Å². The molecule has 3 heteroatoms. The number of aliphatic imine (C=N–C) groups is 1. The largest absolute Gasteiger partial charge is 0.456 e. The van der Waals surface area contributed by atoms with Gasteiger partial charge in [-0.25, -0.2) is 4.99 Å². The number of furan rings is 1. The molecular formula is C15H11NO2. The third kappa shape index (κ3) is 1.61. The lowest BCUT2D eigenvalue weighted by atomic mass is 10.1. The second kappa shape index (κ2) is 4.11. The number of amides is 1. The lowest BCUT2D eigenvalue weighted by Gasteiger charge is -1.94. The van der Waals surface area contributed by atoms with Gasteiger partial charge in [0.2, 0.25) is 0 Å². The maximum Gasteiger partial charge on any atom is 0.276 e. The SMILES string of the molecule is CC=NC(=O)c1ccc2c(c1)oc1ccccc12. The molecule has 2 aromatic carbocycles. The van der Waals surface area contributed by atoms with E-state index in [2.05, 4.69) is 4.99 Å². The average Bonchev–Trinajstić information content (AvgIpc) is 2.76. The van der Waals surface area contributed by atoms with Gasteiger partial charge in [0.25, 0.3) is 5.91 Å². The monoisotopic (exact) mass is 237 g/mol. The normalized spacial score (nSPS) is 11.6. The third-order valence-corrected chi connectivity index (χ3v) is 2.87. The quantitative estimate of drug-likeness (QED) is 0.604. The van der Waals surface area contributed by atoms with E-state index in [4.69, 9.17) is 4.42 Å². The Kier molecular flexibility index (Phi) is 2.45. The number of benzene rings is 2. The molecule has 0 saturated heterocycles. The van der Waals surface area contributed by atoms with Crippen molar-refractivity contribution in [3.63, 3.8) is 0 Å². The summed E-state index contributed by atoms with van der Waals surface area (Å²) in [5, 5.41) is 2.08. The lowest BCUT2D eigenvalue weighted by Crippen LogP contribution is -1.93. The van der Waals surface area contributed by atoms with E-state index in [9.17, 15) is 4.79 Å². The summed E-state index contributed by atoms with van der Waals surface area (Å²) in [6.45, 7) is 1.72. The molecule has 3 nitrogen and oxygen atoms in total. The van der Waals surface area contributed by atoms with Crippen LogP contribution < -0.4 is 0 Å². The fourth-order valence-corrected chi connectivity index (χ4v) is 2.05. The van der Waals surface area contributed by atoms with Crippen LogP contribution in [0, 0.1) is 0 Å². The molecule has 0 aliphatic heterocycles. The molecule has 0 aliphatic carbocycles. The first kappa shape index (κ1) is 10.7. The van der Waals surface area contributed by atoms with Crippen molar-refractivity contribution in [3.05, 3.63) is 48.0 Å². The average molecular weight is 237 g/mol. The first-order chi connectivity index (χ1) is 8.79. The highest BCUT2D eigenvalue weighted by molar-refractivity contribution is 6.08.